The molecule has 0 aliphatic carbocycles. The van der Waals surface area contributed by atoms with Crippen molar-refractivity contribution in [2.24, 2.45) is 5.92 Å². The molecule has 0 aromatic heterocycles. The van der Waals surface area contributed by atoms with Crippen LogP contribution in [0.25, 0.3) is 0 Å². The Bertz CT molecular complexity index is 427. The number of alkyl halides is 1. The first-order valence-electron chi connectivity index (χ1n) is 5.39. The molecular weight excluding hydrogens is 226 g/mol. The second-order valence-electron chi connectivity index (χ2n) is 4.27. The highest BCUT2D eigenvalue weighted by Gasteiger charge is 2.28. The minimum Gasteiger partial charge on any atom is -0.296 e. The Morgan fingerprint density at radius 2 is 1.82 bits per heavy atom. The van der Waals surface area contributed by atoms with Crippen LogP contribution in [0.3, 0.4) is 0 Å². The number of ketones is 2. The van der Waals surface area contributed by atoms with Crippen LogP contribution in [0.4, 0.5) is 8.78 Å². The average molecular weight is 240 g/mol. The van der Waals surface area contributed by atoms with Gasteiger partial charge in [0.25, 0.3) is 0 Å². The number of hydrogen-bond donors (Lipinski definition) is 0. The monoisotopic (exact) mass is 240 g/mol. The summed E-state index contributed by atoms with van der Waals surface area (Å²) in [5.41, 5.74) is -0.378. The zero-order valence-corrected chi connectivity index (χ0v) is 9.74. The van der Waals surface area contributed by atoms with Crippen molar-refractivity contribution in [2.45, 2.75) is 26.4 Å². The maximum atomic E-state index is 13.6. The highest BCUT2D eigenvalue weighted by Crippen LogP contribution is 2.14. The zero-order chi connectivity index (χ0) is 13.0. The van der Waals surface area contributed by atoms with Gasteiger partial charge in [-0.15, -0.1) is 0 Å². The first-order chi connectivity index (χ1) is 7.93. The van der Waals surface area contributed by atoms with E-state index in [1.54, 1.807) is 13.8 Å². The molecule has 1 aromatic carbocycles. The molecule has 0 saturated heterocycles. The van der Waals surface area contributed by atoms with Crippen LogP contribution in [-0.4, -0.2) is 17.7 Å². The van der Waals surface area contributed by atoms with Crippen LogP contribution in [0.5, 0.6) is 0 Å². The van der Waals surface area contributed by atoms with Gasteiger partial charge in [0.05, 0.1) is 5.56 Å². The van der Waals surface area contributed by atoms with Crippen LogP contribution < -0.4 is 0 Å². The molecule has 0 bridgehead atoms. The third-order valence-electron chi connectivity index (χ3n) is 2.26. The van der Waals surface area contributed by atoms with Crippen molar-refractivity contribution in [3.8, 4) is 0 Å². The lowest BCUT2D eigenvalue weighted by Crippen LogP contribution is -2.27. The van der Waals surface area contributed by atoms with E-state index < -0.39 is 23.6 Å². The number of Topliss-reactive ketones (excluding diaryl/α,β-unsaturated/α-hetero) is 2. The van der Waals surface area contributed by atoms with Crippen molar-refractivity contribution >= 4 is 11.6 Å². The Balaban J connectivity index is 2.84. The van der Waals surface area contributed by atoms with E-state index in [4.69, 9.17) is 0 Å². The molecule has 0 amide bonds. The number of benzene rings is 1. The standard InChI is InChI=1S/C13H14F2O2/c1-8(2)7-11(16)12(15)13(17)9-5-3-4-6-10(9)14/h3-6,8,12H,7H2,1-2H3. The van der Waals surface area contributed by atoms with Gasteiger partial charge in [0.1, 0.15) is 5.82 Å². The van der Waals surface area contributed by atoms with Crippen molar-refractivity contribution in [3.63, 3.8) is 0 Å². The van der Waals surface area contributed by atoms with Gasteiger partial charge in [0, 0.05) is 6.42 Å². The number of carbonyl (C=O) groups is 2. The molecule has 0 fully saturated rings. The average Bonchev–Trinajstić information content (AvgIpc) is 2.27. The van der Waals surface area contributed by atoms with E-state index in [0.29, 0.717) is 0 Å². The second-order valence-corrected chi connectivity index (χ2v) is 4.27. The van der Waals surface area contributed by atoms with Gasteiger partial charge >= 0.3 is 0 Å². The van der Waals surface area contributed by atoms with E-state index in [2.05, 4.69) is 0 Å². The molecule has 92 valence electrons. The Morgan fingerprint density at radius 1 is 1.24 bits per heavy atom. The predicted molar refractivity (Wildman–Crippen MR) is 60.1 cm³/mol. The number of halogens is 2. The Labute approximate surface area is 98.6 Å². The SMILES string of the molecule is CC(C)CC(=O)C(F)C(=O)c1ccccc1F. The molecule has 0 aliphatic rings. The summed E-state index contributed by atoms with van der Waals surface area (Å²) in [6.07, 6.45) is -2.30. The largest absolute Gasteiger partial charge is 0.296 e. The summed E-state index contributed by atoms with van der Waals surface area (Å²) in [5, 5.41) is 0. The molecule has 0 N–H and O–H groups in total. The van der Waals surface area contributed by atoms with Gasteiger partial charge in [-0.1, -0.05) is 26.0 Å². The zero-order valence-electron chi connectivity index (χ0n) is 9.74. The van der Waals surface area contributed by atoms with E-state index in [9.17, 15) is 18.4 Å². The normalized spacial score (nSPS) is 12.5. The Kier molecular flexibility index (Phi) is 4.49. The van der Waals surface area contributed by atoms with Gasteiger partial charge in [0.2, 0.25) is 12.0 Å². The fourth-order valence-corrected chi connectivity index (χ4v) is 1.45. The Hall–Kier alpha value is -1.58. The maximum Gasteiger partial charge on any atom is 0.220 e. The molecule has 4 heteroatoms. The van der Waals surface area contributed by atoms with Crippen LogP contribution in [0.2, 0.25) is 0 Å². The smallest absolute Gasteiger partial charge is 0.220 e. The molecule has 0 radical (unpaired) electrons. The topological polar surface area (TPSA) is 34.1 Å². The van der Waals surface area contributed by atoms with Crippen molar-refractivity contribution < 1.29 is 18.4 Å². The molecule has 17 heavy (non-hydrogen) atoms. The van der Waals surface area contributed by atoms with E-state index in [0.717, 1.165) is 6.07 Å². The highest BCUT2D eigenvalue weighted by molar-refractivity contribution is 6.13. The van der Waals surface area contributed by atoms with Gasteiger partial charge in [-0.3, -0.25) is 9.59 Å². The van der Waals surface area contributed by atoms with Crippen LogP contribution in [0.1, 0.15) is 30.6 Å². The van der Waals surface area contributed by atoms with Crippen LogP contribution >= 0.6 is 0 Å². The summed E-state index contributed by atoms with van der Waals surface area (Å²) < 4.78 is 26.8. The number of rotatable bonds is 5. The van der Waals surface area contributed by atoms with Gasteiger partial charge in [-0.2, -0.15) is 0 Å². The van der Waals surface area contributed by atoms with Gasteiger partial charge < -0.3 is 0 Å². The van der Waals surface area contributed by atoms with E-state index in [-0.39, 0.29) is 17.9 Å². The quantitative estimate of drug-likeness (QED) is 0.585. The lowest BCUT2D eigenvalue weighted by Gasteiger charge is -2.08. The third-order valence-corrected chi connectivity index (χ3v) is 2.26. The summed E-state index contributed by atoms with van der Waals surface area (Å²) in [5.74, 6) is -2.74. The van der Waals surface area contributed by atoms with Crippen LogP contribution in [0.15, 0.2) is 24.3 Å². The predicted octanol–water partition coefficient (Wildman–Crippen LogP) is 2.96. The van der Waals surface area contributed by atoms with Crippen LogP contribution in [0, 0.1) is 11.7 Å². The second kappa shape index (κ2) is 5.66. The minimum absolute atomic E-state index is 0.0264. The van der Waals surface area contributed by atoms with Crippen molar-refractivity contribution in [3.05, 3.63) is 35.6 Å². The minimum atomic E-state index is -2.27. The Morgan fingerprint density at radius 3 is 2.35 bits per heavy atom. The van der Waals surface area contributed by atoms with E-state index in [1.165, 1.54) is 18.2 Å². The molecule has 2 nitrogen and oxygen atoms in total. The summed E-state index contributed by atoms with van der Waals surface area (Å²) in [4.78, 5) is 22.9. The molecule has 1 unspecified atom stereocenters. The third kappa shape index (κ3) is 3.44. The molecule has 1 rings (SSSR count). The van der Waals surface area contributed by atoms with Crippen molar-refractivity contribution in [2.75, 3.05) is 0 Å². The summed E-state index contributed by atoms with van der Waals surface area (Å²) in [6, 6.07) is 5.06. The van der Waals surface area contributed by atoms with Crippen molar-refractivity contribution in [1.82, 2.24) is 0 Å². The molecule has 0 heterocycles. The first-order valence-corrected chi connectivity index (χ1v) is 5.39. The van der Waals surface area contributed by atoms with Gasteiger partial charge in [0.15, 0.2) is 5.78 Å². The molecule has 1 atom stereocenters. The molecular formula is C13H14F2O2. The lowest BCUT2D eigenvalue weighted by atomic mass is 9.98. The summed E-state index contributed by atoms with van der Waals surface area (Å²) >= 11 is 0. The number of hydrogen-bond acceptors (Lipinski definition) is 2. The maximum absolute atomic E-state index is 13.6. The lowest BCUT2D eigenvalue weighted by molar-refractivity contribution is -0.122. The van der Waals surface area contributed by atoms with Gasteiger partial charge in [-0.05, 0) is 18.1 Å². The van der Waals surface area contributed by atoms with E-state index in [1.807, 2.05) is 0 Å². The highest BCUT2D eigenvalue weighted by atomic mass is 19.1. The molecule has 0 aliphatic heterocycles. The molecule has 0 spiro atoms. The summed E-state index contributed by atoms with van der Waals surface area (Å²) in [6.45, 7) is 3.50. The summed E-state index contributed by atoms with van der Waals surface area (Å²) in [7, 11) is 0. The fraction of sp³-hybridized carbons (Fsp3) is 0.385. The van der Waals surface area contributed by atoms with E-state index >= 15 is 0 Å². The number of carbonyl (C=O) groups excluding carboxylic acids is 2. The first kappa shape index (κ1) is 13.5. The molecule has 1 aromatic rings. The van der Waals surface area contributed by atoms with Crippen LogP contribution in [-0.2, 0) is 4.79 Å². The fourth-order valence-electron chi connectivity index (χ4n) is 1.45. The van der Waals surface area contributed by atoms with Crippen molar-refractivity contribution in [1.29, 1.82) is 0 Å². The van der Waals surface area contributed by atoms with Gasteiger partial charge in [-0.25, -0.2) is 8.78 Å². The molecule has 0 saturated carbocycles.